The third-order valence-electron chi connectivity index (χ3n) is 2.85. The largest absolute Gasteiger partial charge is 0.264 e. The van der Waals surface area contributed by atoms with E-state index in [1.165, 1.54) is 24.3 Å². The predicted molar refractivity (Wildman–Crippen MR) is 81.8 cm³/mol. The van der Waals surface area contributed by atoms with Crippen molar-refractivity contribution in [2.45, 2.75) is 4.90 Å². The van der Waals surface area contributed by atoms with E-state index in [0.717, 1.165) is 5.39 Å². The summed E-state index contributed by atoms with van der Waals surface area (Å²) in [5.74, 6) is 0.253. The van der Waals surface area contributed by atoms with E-state index in [4.69, 9.17) is 11.6 Å². The molecule has 21 heavy (non-hydrogen) atoms. The van der Waals surface area contributed by atoms with Crippen molar-refractivity contribution in [1.29, 1.82) is 0 Å². The molecule has 2 aromatic heterocycles. The zero-order valence-electron chi connectivity index (χ0n) is 10.7. The molecule has 0 fully saturated rings. The summed E-state index contributed by atoms with van der Waals surface area (Å²) in [7, 11) is -3.69. The zero-order valence-corrected chi connectivity index (χ0v) is 12.3. The smallest absolute Gasteiger partial charge is 0.263 e. The number of pyridine rings is 2. The normalized spacial score (nSPS) is 11.5. The quantitative estimate of drug-likeness (QED) is 0.805. The highest BCUT2D eigenvalue weighted by molar-refractivity contribution is 7.92. The lowest BCUT2D eigenvalue weighted by Gasteiger charge is -2.08. The van der Waals surface area contributed by atoms with Gasteiger partial charge in [-0.15, -0.1) is 0 Å². The van der Waals surface area contributed by atoms with Gasteiger partial charge in [-0.05, 0) is 42.5 Å². The van der Waals surface area contributed by atoms with Gasteiger partial charge in [-0.3, -0.25) is 9.71 Å². The molecule has 1 N–H and O–H groups in total. The van der Waals surface area contributed by atoms with Crippen LogP contribution in [0.4, 0.5) is 5.82 Å². The summed E-state index contributed by atoms with van der Waals surface area (Å²) in [6.45, 7) is 0. The molecule has 0 saturated carbocycles. The molecule has 2 heterocycles. The summed E-state index contributed by atoms with van der Waals surface area (Å²) in [6, 6.07) is 11.0. The van der Waals surface area contributed by atoms with Crippen LogP contribution < -0.4 is 4.72 Å². The van der Waals surface area contributed by atoms with Crippen molar-refractivity contribution in [1.82, 2.24) is 9.97 Å². The Balaban J connectivity index is 1.95. The first-order valence-electron chi connectivity index (χ1n) is 6.04. The number of anilines is 1. The molecule has 0 spiro atoms. The number of hydrogen-bond donors (Lipinski definition) is 1. The van der Waals surface area contributed by atoms with Gasteiger partial charge in [-0.2, -0.15) is 0 Å². The number of nitrogens with one attached hydrogen (secondary N) is 1. The third-order valence-corrected chi connectivity index (χ3v) is 4.48. The molecule has 5 nitrogen and oxygen atoms in total. The van der Waals surface area contributed by atoms with Crippen LogP contribution in [0.3, 0.4) is 0 Å². The highest BCUT2D eigenvalue weighted by atomic mass is 35.5. The molecule has 3 rings (SSSR count). The minimum Gasteiger partial charge on any atom is -0.264 e. The van der Waals surface area contributed by atoms with E-state index < -0.39 is 10.0 Å². The highest BCUT2D eigenvalue weighted by Gasteiger charge is 2.14. The second kappa shape index (κ2) is 5.31. The van der Waals surface area contributed by atoms with E-state index in [9.17, 15) is 8.42 Å². The Labute approximate surface area is 126 Å². The summed E-state index contributed by atoms with van der Waals surface area (Å²) >= 11 is 5.75. The van der Waals surface area contributed by atoms with Gasteiger partial charge in [-0.1, -0.05) is 11.6 Å². The topological polar surface area (TPSA) is 72.0 Å². The Bertz CT molecular complexity index is 895. The Morgan fingerprint density at radius 1 is 1.00 bits per heavy atom. The Hall–Kier alpha value is -2.18. The van der Waals surface area contributed by atoms with Gasteiger partial charge in [0, 0.05) is 22.8 Å². The Morgan fingerprint density at radius 2 is 1.76 bits per heavy atom. The average molecular weight is 320 g/mol. The lowest BCUT2D eigenvalue weighted by molar-refractivity contribution is 0.601. The lowest BCUT2D eigenvalue weighted by Crippen LogP contribution is -2.13. The Morgan fingerprint density at radius 3 is 2.52 bits per heavy atom. The lowest BCUT2D eigenvalue weighted by atomic mass is 10.3. The monoisotopic (exact) mass is 319 g/mol. The van der Waals surface area contributed by atoms with E-state index in [2.05, 4.69) is 14.7 Å². The van der Waals surface area contributed by atoms with Crippen LogP contribution in [0.5, 0.6) is 0 Å². The molecule has 3 aromatic rings. The molecule has 0 aliphatic heterocycles. The van der Waals surface area contributed by atoms with E-state index in [1.807, 2.05) is 0 Å². The summed E-state index contributed by atoms with van der Waals surface area (Å²) in [5.41, 5.74) is 0.668. The Kier molecular flexibility index (Phi) is 3.48. The fraction of sp³-hybridized carbons (Fsp3) is 0. The molecular weight excluding hydrogens is 310 g/mol. The first-order valence-corrected chi connectivity index (χ1v) is 7.90. The van der Waals surface area contributed by atoms with Crippen LogP contribution in [0, 0.1) is 0 Å². The van der Waals surface area contributed by atoms with Gasteiger partial charge in [-0.25, -0.2) is 13.4 Å². The number of hydrogen-bond acceptors (Lipinski definition) is 4. The number of rotatable bonds is 3. The van der Waals surface area contributed by atoms with Crippen molar-refractivity contribution in [2.24, 2.45) is 0 Å². The van der Waals surface area contributed by atoms with Gasteiger partial charge in [0.15, 0.2) is 0 Å². The molecule has 0 atom stereocenters. The molecule has 0 radical (unpaired) electrons. The van der Waals surface area contributed by atoms with Crippen molar-refractivity contribution in [3.05, 3.63) is 59.9 Å². The summed E-state index contributed by atoms with van der Waals surface area (Å²) in [6.07, 6.45) is 3.27. The first-order chi connectivity index (χ1) is 10.0. The second-order valence-electron chi connectivity index (χ2n) is 4.32. The van der Waals surface area contributed by atoms with E-state index in [1.54, 1.807) is 30.6 Å². The van der Waals surface area contributed by atoms with Gasteiger partial charge in [0.25, 0.3) is 10.0 Å². The molecule has 7 heteroatoms. The van der Waals surface area contributed by atoms with Gasteiger partial charge < -0.3 is 0 Å². The van der Waals surface area contributed by atoms with Crippen LogP contribution in [0.1, 0.15) is 0 Å². The fourth-order valence-electron chi connectivity index (χ4n) is 1.83. The number of sulfonamides is 1. The standard InChI is InChI=1S/C14H10ClN3O2S/c15-11-2-4-12(5-3-11)21(19,20)18-14-6-1-10-9-16-8-7-13(10)17-14/h1-9H,(H,17,18). The second-order valence-corrected chi connectivity index (χ2v) is 6.44. The summed E-state index contributed by atoms with van der Waals surface area (Å²) < 4.78 is 26.9. The molecule has 0 saturated heterocycles. The first kappa shape index (κ1) is 13.8. The predicted octanol–water partition coefficient (Wildman–Crippen LogP) is 3.08. The molecule has 0 amide bonds. The molecular formula is C14H10ClN3O2S. The van der Waals surface area contributed by atoms with Gasteiger partial charge in [0.05, 0.1) is 10.4 Å². The van der Waals surface area contributed by atoms with Crippen molar-refractivity contribution >= 4 is 38.3 Å². The molecule has 0 aliphatic carbocycles. The number of fused-ring (bicyclic) bond motifs is 1. The highest BCUT2D eigenvalue weighted by Crippen LogP contribution is 2.19. The number of aromatic nitrogens is 2. The van der Waals surface area contributed by atoms with Crippen LogP contribution in [0.15, 0.2) is 59.8 Å². The summed E-state index contributed by atoms with van der Waals surface area (Å²) in [4.78, 5) is 8.36. The number of nitrogens with zero attached hydrogens (tertiary/aromatic N) is 2. The minimum absolute atomic E-state index is 0.128. The number of benzene rings is 1. The SMILES string of the molecule is O=S(=O)(Nc1ccc2cnccc2n1)c1ccc(Cl)cc1. The maximum absolute atomic E-state index is 12.2. The van der Waals surface area contributed by atoms with Crippen molar-refractivity contribution in [3.8, 4) is 0 Å². The van der Waals surface area contributed by atoms with E-state index >= 15 is 0 Å². The van der Waals surface area contributed by atoms with Crippen molar-refractivity contribution < 1.29 is 8.42 Å². The maximum Gasteiger partial charge on any atom is 0.263 e. The van der Waals surface area contributed by atoms with Crippen LogP contribution in [-0.2, 0) is 10.0 Å². The molecule has 0 aliphatic rings. The zero-order chi connectivity index (χ0) is 14.9. The van der Waals surface area contributed by atoms with E-state index in [0.29, 0.717) is 10.5 Å². The van der Waals surface area contributed by atoms with Crippen LogP contribution in [-0.4, -0.2) is 18.4 Å². The molecule has 106 valence electrons. The molecule has 1 aromatic carbocycles. The van der Waals surface area contributed by atoms with Gasteiger partial charge >= 0.3 is 0 Å². The third kappa shape index (κ3) is 2.96. The number of halogens is 1. The molecule has 0 unspecified atom stereocenters. The minimum atomic E-state index is -3.69. The van der Waals surface area contributed by atoms with Crippen molar-refractivity contribution in [3.63, 3.8) is 0 Å². The van der Waals surface area contributed by atoms with Gasteiger partial charge in [0.1, 0.15) is 5.82 Å². The average Bonchev–Trinajstić information content (AvgIpc) is 2.47. The molecule has 0 bridgehead atoms. The summed E-state index contributed by atoms with van der Waals surface area (Å²) in [5, 5.41) is 1.32. The van der Waals surface area contributed by atoms with Crippen LogP contribution >= 0.6 is 11.6 Å². The van der Waals surface area contributed by atoms with E-state index in [-0.39, 0.29) is 10.7 Å². The maximum atomic E-state index is 12.2. The van der Waals surface area contributed by atoms with Crippen LogP contribution in [0.2, 0.25) is 5.02 Å². The fourth-order valence-corrected chi connectivity index (χ4v) is 2.96. The van der Waals surface area contributed by atoms with Crippen LogP contribution in [0.25, 0.3) is 10.9 Å². The van der Waals surface area contributed by atoms with Gasteiger partial charge in [0.2, 0.25) is 0 Å². The van der Waals surface area contributed by atoms with Crippen molar-refractivity contribution in [2.75, 3.05) is 4.72 Å².